The van der Waals surface area contributed by atoms with Crippen molar-refractivity contribution < 1.29 is 39.6 Å². The third-order valence-electron chi connectivity index (χ3n) is 9.71. The van der Waals surface area contributed by atoms with Gasteiger partial charge in [-0.05, 0) is 42.9 Å². The van der Waals surface area contributed by atoms with Crippen LogP contribution in [0.4, 0.5) is 0 Å². The molecule has 0 saturated carbocycles. The van der Waals surface area contributed by atoms with Gasteiger partial charge in [0.25, 0.3) is 0 Å². The van der Waals surface area contributed by atoms with Gasteiger partial charge in [-0.3, -0.25) is 0 Å². The number of aliphatic carboxylic acids is 4. The molecule has 0 rings (SSSR count). The van der Waals surface area contributed by atoms with Crippen LogP contribution in [0.3, 0.4) is 0 Å². The molecule has 0 aliphatic carbocycles. The van der Waals surface area contributed by atoms with Gasteiger partial charge in [-0.25, -0.2) is 4.79 Å². The first-order valence-corrected chi connectivity index (χ1v) is 21.4. The molecule has 0 amide bonds. The Morgan fingerprint density at radius 1 is 0.377 bits per heavy atom. The van der Waals surface area contributed by atoms with Crippen LogP contribution in [0.15, 0.2) is 23.3 Å². The Kier molecular flexibility index (Phi) is 46.2. The summed E-state index contributed by atoms with van der Waals surface area (Å²) in [6.07, 6.45) is 42.2. The van der Waals surface area contributed by atoms with Crippen LogP contribution in [0.2, 0.25) is 0 Å². The van der Waals surface area contributed by atoms with Gasteiger partial charge in [0.2, 0.25) is 0 Å². The van der Waals surface area contributed by atoms with Crippen molar-refractivity contribution in [2.75, 3.05) is 0 Å². The van der Waals surface area contributed by atoms with E-state index in [1.54, 1.807) is 0 Å². The second-order valence-corrected chi connectivity index (χ2v) is 14.7. The summed E-state index contributed by atoms with van der Waals surface area (Å²) in [6.45, 7) is 4.51. The van der Waals surface area contributed by atoms with Crippen molar-refractivity contribution in [3.63, 3.8) is 0 Å². The fourth-order valence-corrected chi connectivity index (χ4v) is 6.48. The molecule has 0 aromatic rings. The van der Waals surface area contributed by atoms with E-state index in [1.165, 1.54) is 167 Å². The van der Waals surface area contributed by atoms with Crippen molar-refractivity contribution in [1.29, 1.82) is 0 Å². The standard InChI is InChI=1S/2C22H40O4.Al/c2*1-2-3-4-5-6-7-8-9-10-11-12-13-14-15-16-17-18-20(22(25)26)19-21(23)24;/h2*19H,2-18H2,1H3,(H,23,24)(H,25,26);/q;;+3/p-3/b2*20-19-;. The summed E-state index contributed by atoms with van der Waals surface area (Å²) in [5.41, 5.74) is -0.279. The summed E-state index contributed by atoms with van der Waals surface area (Å²) < 4.78 is 0. The Bertz CT molecular complexity index is 856. The first-order chi connectivity index (χ1) is 25.1. The number of carboxylic acids is 4. The molecule has 0 aliphatic rings. The molecule has 0 atom stereocenters. The zero-order valence-corrected chi connectivity index (χ0v) is 35.2. The predicted molar refractivity (Wildman–Crippen MR) is 213 cm³/mol. The van der Waals surface area contributed by atoms with Crippen molar-refractivity contribution >= 4 is 41.2 Å². The maximum absolute atomic E-state index is 10.8. The molecule has 53 heavy (non-hydrogen) atoms. The van der Waals surface area contributed by atoms with Gasteiger partial charge in [0, 0.05) is 6.08 Å². The minimum absolute atomic E-state index is 0. The quantitative estimate of drug-likeness (QED) is 0.0371. The third-order valence-corrected chi connectivity index (χ3v) is 9.71. The van der Waals surface area contributed by atoms with Gasteiger partial charge in [0.1, 0.15) is 0 Å². The molecule has 1 N–H and O–H groups in total. The van der Waals surface area contributed by atoms with Crippen LogP contribution in [-0.2, 0) is 19.2 Å². The van der Waals surface area contributed by atoms with Crippen molar-refractivity contribution in [1.82, 2.24) is 0 Å². The van der Waals surface area contributed by atoms with Crippen molar-refractivity contribution in [3.05, 3.63) is 23.3 Å². The van der Waals surface area contributed by atoms with Crippen LogP contribution in [0.25, 0.3) is 0 Å². The van der Waals surface area contributed by atoms with E-state index in [-0.39, 0.29) is 41.3 Å². The van der Waals surface area contributed by atoms with Gasteiger partial charge in [0.05, 0.1) is 17.9 Å². The average Bonchev–Trinajstić information content (AvgIpc) is 3.10. The van der Waals surface area contributed by atoms with Crippen molar-refractivity contribution in [2.24, 2.45) is 0 Å². The summed E-state index contributed by atoms with van der Waals surface area (Å²) in [6, 6.07) is 0. The van der Waals surface area contributed by atoms with Crippen LogP contribution in [0, 0.1) is 0 Å². The largest absolute Gasteiger partial charge is 3.00 e. The molecule has 304 valence electrons. The smallest absolute Gasteiger partial charge is 0.545 e. The van der Waals surface area contributed by atoms with Gasteiger partial charge >= 0.3 is 23.3 Å². The maximum Gasteiger partial charge on any atom is 3.00 e. The number of hydrogen-bond acceptors (Lipinski definition) is 7. The van der Waals surface area contributed by atoms with E-state index < -0.39 is 23.9 Å². The van der Waals surface area contributed by atoms with E-state index >= 15 is 0 Å². The Hall–Kier alpha value is -2.11. The average molecular weight is 761 g/mol. The molecule has 0 aliphatic heterocycles. The van der Waals surface area contributed by atoms with Gasteiger partial charge in [-0.1, -0.05) is 206 Å². The summed E-state index contributed by atoms with van der Waals surface area (Å²) in [5.74, 6) is -5.47. The molecule has 0 unspecified atom stereocenters. The maximum atomic E-state index is 10.8. The van der Waals surface area contributed by atoms with Crippen LogP contribution >= 0.6 is 0 Å². The molecule has 8 nitrogen and oxygen atoms in total. The minimum atomic E-state index is -1.47. The predicted octanol–water partition coefficient (Wildman–Crippen LogP) is 9.08. The Balaban J connectivity index is -0.000000926. The van der Waals surface area contributed by atoms with Crippen molar-refractivity contribution in [3.8, 4) is 0 Å². The third kappa shape index (κ3) is 46.0. The molecule has 0 spiro atoms. The Morgan fingerprint density at radius 3 is 0.774 bits per heavy atom. The topological polar surface area (TPSA) is 158 Å². The number of unbranched alkanes of at least 4 members (excludes halogenated alkanes) is 30. The van der Waals surface area contributed by atoms with E-state index in [2.05, 4.69) is 13.8 Å². The number of rotatable bonds is 38. The molecule has 0 radical (unpaired) electrons. The summed E-state index contributed by atoms with van der Waals surface area (Å²) in [7, 11) is 0. The summed E-state index contributed by atoms with van der Waals surface area (Å²) in [5, 5.41) is 40.5. The molecular formula is C44H77AlO8. The van der Waals surface area contributed by atoms with Gasteiger partial charge < -0.3 is 34.8 Å². The fourth-order valence-electron chi connectivity index (χ4n) is 6.48. The Labute approximate surface area is 335 Å². The molecule has 0 saturated heterocycles. The second-order valence-electron chi connectivity index (χ2n) is 14.7. The summed E-state index contributed by atoms with van der Waals surface area (Å²) in [4.78, 5) is 42.5. The molecule has 0 bridgehead atoms. The van der Waals surface area contributed by atoms with Crippen LogP contribution < -0.4 is 15.3 Å². The normalized spacial score (nSPS) is 11.4. The number of hydrogen-bond donors (Lipinski definition) is 1. The van der Waals surface area contributed by atoms with E-state index in [0.717, 1.165) is 31.8 Å². The molecule has 0 fully saturated rings. The molecule has 0 aromatic heterocycles. The molecular weight excluding hydrogens is 683 g/mol. The van der Waals surface area contributed by atoms with E-state index in [0.29, 0.717) is 18.9 Å². The van der Waals surface area contributed by atoms with E-state index in [4.69, 9.17) is 5.11 Å². The number of carbonyl (C=O) groups is 4. The van der Waals surface area contributed by atoms with E-state index in [1.807, 2.05) is 0 Å². The van der Waals surface area contributed by atoms with Gasteiger partial charge in [-0.15, -0.1) is 0 Å². The van der Waals surface area contributed by atoms with Crippen LogP contribution in [0.1, 0.15) is 232 Å². The monoisotopic (exact) mass is 761 g/mol. The molecule has 0 aromatic carbocycles. The number of carboxylic acid groups (broad SMARTS) is 4. The van der Waals surface area contributed by atoms with Crippen LogP contribution in [-0.4, -0.2) is 46.3 Å². The number of carbonyl (C=O) groups excluding carboxylic acids is 3. The van der Waals surface area contributed by atoms with Gasteiger partial charge in [0.15, 0.2) is 0 Å². The van der Waals surface area contributed by atoms with Crippen LogP contribution in [0.5, 0.6) is 0 Å². The summed E-state index contributed by atoms with van der Waals surface area (Å²) >= 11 is 0. The second kappa shape index (κ2) is 44.3. The first kappa shape index (κ1) is 55.2. The minimum Gasteiger partial charge on any atom is -0.545 e. The van der Waals surface area contributed by atoms with E-state index in [9.17, 15) is 34.5 Å². The fraction of sp³-hybridized carbons (Fsp3) is 0.818. The van der Waals surface area contributed by atoms with Gasteiger partial charge in [-0.2, -0.15) is 0 Å². The Morgan fingerprint density at radius 2 is 0.585 bits per heavy atom. The molecule has 9 heteroatoms. The van der Waals surface area contributed by atoms with Crippen molar-refractivity contribution in [2.45, 2.75) is 232 Å². The zero-order chi connectivity index (χ0) is 38.9. The molecule has 0 heterocycles. The first-order valence-electron chi connectivity index (χ1n) is 21.4. The zero-order valence-electron chi connectivity index (χ0n) is 34.1. The SMILES string of the molecule is CCCCCCCCCCCCCCCCCC/C(=C/C(=O)O)C(=O)[O-].CCCCCCCCCCCCCCCCCC/C(=C/C(=O)[O-])C(=O)[O-].[Al+3].